The Bertz CT molecular complexity index is 822. The fourth-order valence-electron chi connectivity index (χ4n) is 3.74. The zero-order valence-electron chi connectivity index (χ0n) is 16.2. The number of anilines is 1. The highest BCUT2D eigenvalue weighted by Gasteiger charge is 2.32. The highest BCUT2D eigenvalue weighted by Crippen LogP contribution is 2.27. The molecule has 1 aliphatic heterocycles. The van der Waals surface area contributed by atoms with Gasteiger partial charge >= 0.3 is 0 Å². The SMILES string of the molecule is Cl.Nc1cc(F)ccc1C(=O)CCCN1CCC(O)(Cc2ccc(Cl)cc2)CC1. The van der Waals surface area contributed by atoms with Crippen LogP contribution in [0.2, 0.25) is 5.02 Å². The summed E-state index contributed by atoms with van der Waals surface area (Å²) in [7, 11) is 0. The third-order valence-corrected chi connectivity index (χ3v) is 5.68. The van der Waals surface area contributed by atoms with E-state index in [-0.39, 0.29) is 23.9 Å². The summed E-state index contributed by atoms with van der Waals surface area (Å²) < 4.78 is 13.1. The van der Waals surface area contributed by atoms with Crippen LogP contribution in [0.5, 0.6) is 0 Å². The number of carbonyl (C=O) groups excluding carboxylic acids is 1. The Morgan fingerprint density at radius 3 is 2.45 bits per heavy atom. The maximum absolute atomic E-state index is 13.1. The van der Waals surface area contributed by atoms with Crippen molar-refractivity contribution >= 4 is 35.5 Å². The molecule has 0 aromatic heterocycles. The van der Waals surface area contributed by atoms with Crippen LogP contribution in [0.1, 0.15) is 41.6 Å². The molecule has 0 atom stereocenters. The molecule has 158 valence electrons. The first-order chi connectivity index (χ1) is 13.3. The maximum Gasteiger partial charge on any atom is 0.164 e. The van der Waals surface area contributed by atoms with E-state index in [4.69, 9.17) is 17.3 Å². The van der Waals surface area contributed by atoms with E-state index < -0.39 is 11.4 Å². The lowest BCUT2D eigenvalue weighted by atomic mass is 9.85. The molecular weight excluding hydrogens is 414 g/mol. The van der Waals surface area contributed by atoms with Gasteiger partial charge in [0.1, 0.15) is 5.82 Å². The number of benzene rings is 2. The van der Waals surface area contributed by atoms with Crippen molar-refractivity contribution in [3.05, 3.63) is 64.4 Å². The van der Waals surface area contributed by atoms with Gasteiger partial charge in [-0.05, 0) is 61.7 Å². The molecule has 29 heavy (non-hydrogen) atoms. The van der Waals surface area contributed by atoms with Crippen molar-refractivity contribution in [2.24, 2.45) is 0 Å². The minimum Gasteiger partial charge on any atom is -0.398 e. The molecule has 0 aliphatic carbocycles. The smallest absolute Gasteiger partial charge is 0.164 e. The monoisotopic (exact) mass is 440 g/mol. The Balaban J connectivity index is 0.00000300. The summed E-state index contributed by atoms with van der Waals surface area (Å²) in [5.41, 5.74) is 6.70. The predicted molar refractivity (Wildman–Crippen MR) is 117 cm³/mol. The van der Waals surface area contributed by atoms with Crippen LogP contribution in [-0.4, -0.2) is 41.0 Å². The number of Topliss-reactive ketones (excluding diaryl/α,β-unsaturated/α-hetero) is 1. The van der Waals surface area contributed by atoms with Gasteiger partial charge in [0, 0.05) is 42.2 Å². The number of ketones is 1. The lowest BCUT2D eigenvalue weighted by molar-refractivity contribution is -0.0207. The molecule has 3 N–H and O–H groups in total. The van der Waals surface area contributed by atoms with Crippen LogP contribution in [0.4, 0.5) is 10.1 Å². The number of halogens is 3. The minimum absolute atomic E-state index is 0. The molecule has 0 amide bonds. The van der Waals surface area contributed by atoms with Crippen molar-refractivity contribution in [2.75, 3.05) is 25.4 Å². The van der Waals surface area contributed by atoms with Crippen molar-refractivity contribution in [3.8, 4) is 0 Å². The van der Waals surface area contributed by atoms with Gasteiger partial charge in [-0.2, -0.15) is 0 Å². The van der Waals surface area contributed by atoms with Crippen LogP contribution in [0.15, 0.2) is 42.5 Å². The van der Waals surface area contributed by atoms with E-state index in [0.717, 1.165) is 25.2 Å². The average molecular weight is 441 g/mol. The molecule has 0 bridgehead atoms. The third kappa shape index (κ3) is 6.68. The normalized spacial score (nSPS) is 16.2. The summed E-state index contributed by atoms with van der Waals surface area (Å²) in [4.78, 5) is 14.6. The second-order valence-electron chi connectivity index (χ2n) is 7.63. The van der Waals surface area contributed by atoms with Gasteiger partial charge in [0.05, 0.1) is 5.60 Å². The van der Waals surface area contributed by atoms with Crippen molar-refractivity contribution < 1.29 is 14.3 Å². The van der Waals surface area contributed by atoms with E-state index in [1.165, 1.54) is 18.2 Å². The van der Waals surface area contributed by atoms with Gasteiger partial charge in [-0.1, -0.05) is 23.7 Å². The molecule has 1 fully saturated rings. The second kappa shape index (κ2) is 10.4. The third-order valence-electron chi connectivity index (χ3n) is 5.43. The van der Waals surface area contributed by atoms with Crippen LogP contribution in [0.25, 0.3) is 0 Å². The number of aliphatic hydroxyl groups is 1. The summed E-state index contributed by atoms with van der Waals surface area (Å²) in [6.07, 6.45) is 3.12. The molecule has 7 heteroatoms. The molecule has 2 aromatic carbocycles. The highest BCUT2D eigenvalue weighted by molar-refractivity contribution is 6.30. The molecule has 1 aliphatic rings. The van der Waals surface area contributed by atoms with E-state index in [0.29, 0.717) is 42.7 Å². The number of piperidine rings is 1. The quantitative estimate of drug-likeness (QED) is 0.490. The zero-order chi connectivity index (χ0) is 20.1. The van der Waals surface area contributed by atoms with Gasteiger partial charge in [0.2, 0.25) is 0 Å². The van der Waals surface area contributed by atoms with Crippen molar-refractivity contribution in [3.63, 3.8) is 0 Å². The minimum atomic E-state index is -0.692. The number of nitrogens with zero attached hydrogens (tertiary/aromatic N) is 1. The summed E-state index contributed by atoms with van der Waals surface area (Å²) >= 11 is 5.92. The molecule has 1 saturated heterocycles. The van der Waals surface area contributed by atoms with Crippen LogP contribution >= 0.6 is 24.0 Å². The lowest BCUT2D eigenvalue weighted by Crippen LogP contribution is -2.45. The molecule has 0 saturated carbocycles. The molecule has 4 nitrogen and oxygen atoms in total. The van der Waals surface area contributed by atoms with Crippen molar-refractivity contribution in [2.45, 2.75) is 37.7 Å². The summed E-state index contributed by atoms with van der Waals surface area (Å²) in [5, 5.41) is 11.6. The molecule has 1 heterocycles. The van der Waals surface area contributed by atoms with Crippen molar-refractivity contribution in [1.29, 1.82) is 0 Å². The Morgan fingerprint density at radius 2 is 1.83 bits per heavy atom. The van der Waals surface area contributed by atoms with Gasteiger partial charge < -0.3 is 15.7 Å². The van der Waals surface area contributed by atoms with E-state index >= 15 is 0 Å². The lowest BCUT2D eigenvalue weighted by Gasteiger charge is -2.38. The van der Waals surface area contributed by atoms with Gasteiger partial charge in [-0.15, -0.1) is 12.4 Å². The van der Waals surface area contributed by atoms with Crippen molar-refractivity contribution in [1.82, 2.24) is 4.90 Å². The first kappa shape index (κ1) is 23.6. The highest BCUT2D eigenvalue weighted by atomic mass is 35.5. The second-order valence-corrected chi connectivity index (χ2v) is 8.06. The van der Waals surface area contributed by atoms with E-state index in [1.54, 1.807) is 0 Å². The van der Waals surface area contributed by atoms with E-state index in [1.807, 2.05) is 24.3 Å². The fraction of sp³-hybridized carbons (Fsp3) is 0.409. The Hall–Kier alpha value is -1.66. The molecular formula is C22H27Cl2FN2O2. The topological polar surface area (TPSA) is 66.6 Å². The molecule has 0 radical (unpaired) electrons. The van der Waals surface area contributed by atoms with Gasteiger partial charge in [-0.3, -0.25) is 4.79 Å². The zero-order valence-corrected chi connectivity index (χ0v) is 17.8. The summed E-state index contributed by atoms with van der Waals surface area (Å²) in [6.45, 7) is 2.40. The fourth-order valence-corrected chi connectivity index (χ4v) is 3.86. The average Bonchev–Trinajstić information content (AvgIpc) is 2.65. The first-order valence-electron chi connectivity index (χ1n) is 9.62. The molecule has 2 aromatic rings. The number of nitrogen functional groups attached to an aromatic ring is 1. The maximum atomic E-state index is 13.1. The number of nitrogens with two attached hydrogens (primary N) is 1. The Kier molecular flexibility index (Phi) is 8.46. The van der Waals surface area contributed by atoms with Gasteiger partial charge in [-0.25, -0.2) is 4.39 Å². The van der Waals surface area contributed by atoms with E-state index in [9.17, 15) is 14.3 Å². The standard InChI is InChI=1S/C22H26ClFN2O2.ClH/c23-17-5-3-16(4-6-17)15-22(28)9-12-26(13-10-22)11-1-2-21(27)19-8-7-18(24)14-20(19)25;/h3-8,14,28H,1-2,9-13,15,25H2;1H. The predicted octanol–water partition coefficient (Wildman–Crippen LogP) is 4.52. The number of hydrogen-bond acceptors (Lipinski definition) is 4. The van der Waals surface area contributed by atoms with E-state index in [2.05, 4.69) is 4.90 Å². The van der Waals surface area contributed by atoms with Gasteiger partial charge in [0.15, 0.2) is 5.78 Å². The number of likely N-dealkylation sites (tertiary alicyclic amines) is 1. The Morgan fingerprint density at radius 1 is 1.17 bits per heavy atom. The van der Waals surface area contributed by atoms with Crippen LogP contribution in [-0.2, 0) is 6.42 Å². The molecule has 0 unspecified atom stereocenters. The number of hydrogen-bond donors (Lipinski definition) is 2. The van der Waals surface area contributed by atoms with Crippen LogP contribution < -0.4 is 5.73 Å². The van der Waals surface area contributed by atoms with Crippen LogP contribution in [0.3, 0.4) is 0 Å². The van der Waals surface area contributed by atoms with Gasteiger partial charge in [0.25, 0.3) is 0 Å². The number of carbonyl (C=O) groups is 1. The Labute approximate surface area is 182 Å². The summed E-state index contributed by atoms with van der Waals surface area (Å²) in [6, 6.07) is 11.5. The largest absolute Gasteiger partial charge is 0.398 e. The summed E-state index contributed by atoms with van der Waals surface area (Å²) in [5.74, 6) is -0.498. The number of rotatable bonds is 7. The first-order valence-corrected chi connectivity index (χ1v) is 10.00. The molecule has 3 rings (SSSR count). The van der Waals surface area contributed by atoms with Crippen LogP contribution in [0, 0.1) is 5.82 Å². The molecule has 0 spiro atoms.